The minimum absolute atomic E-state index is 0.0625. The fourth-order valence-corrected chi connectivity index (χ4v) is 3.70. The van der Waals surface area contributed by atoms with E-state index in [4.69, 9.17) is 9.15 Å². The zero-order valence-electron chi connectivity index (χ0n) is 19.2. The van der Waals surface area contributed by atoms with E-state index in [2.05, 4.69) is 31.3 Å². The van der Waals surface area contributed by atoms with Gasteiger partial charge in [-0.15, -0.1) is 0 Å². The third-order valence-electron chi connectivity index (χ3n) is 5.90. The van der Waals surface area contributed by atoms with E-state index in [1.54, 1.807) is 18.2 Å². The van der Waals surface area contributed by atoms with Crippen LogP contribution in [0.3, 0.4) is 0 Å². The number of amides is 4. The molecule has 4 amide bonds. The third kappa shape index (κ3) is 5.11. The zero-order valence-corrected chi connectivity index (χ0v) is 19.2. The summed E-state index contributed by atoms with van der Waals surface area (Å²) in [5, 5.41) is 2.22. The van der Waals surface area contributed by atoms with Crippen molar-refractivity contribution in [2.45, 2.75) is 39.3 Å². The molecule has 0 radical (unpaired) electrons. The minimum atomic E-state index is -0.772. The molecule has 34 heavy (non-hydrogen) atoms. The molecule has 0 spiro atoms. The number of urea groups is 1. The molecule has 2 aromatic heterocycles. The topological polar surface area (TPSA) is 93.8 Å². The van der Waals surface area contributed by atoms with E-state index in [0.29, 0.717) is 30.5 Å². The largest absolute Gasteiger partial charge is 0.492 e. The van der Waals surface area contributed by atoms with Crippen LogP contribution < -0.4 is 10.1 Å². The van der Waals surface area contributed by atoms with Gasteiger partial charge in [0.2, 0.25) is 0 Å². The second-order valence-corrected chi connectivity index (χ2v) is 8.14. The monoisotopic (exact) mass is 461 g/mol. The van der Waals surface area contributed by atoms with Crippen LogP contribution in [-0.2, 0) is 22.7 Å². The molecule has 1 saturated heterocycles. The molecule has 8 nitrogen and oxygen atoms in total. The van der Waals surface area contributed by atoms with Gasteiger partial charge >= 0.3 is 6.03 Å². The number of hydrogen-bond acceptors (Lipinski definition) is 5. The van der Waals surface area contributed by atoms with E-state index in [0.717, 1.165) is 17.1 Å². The van der Waals surface area contributed by atoms with Gasteiger partial charge in [0, 0.05) is 11.9 Å². The summed E-state index contributed by atoms with van der Waals surface area (Å²) >= 11 is 0. The van der Waals surface area contributed by atoms with Crippen LogP contribution >= 0.6 is 0 Å². The number of rotatable bonds is 9. The summed E-state index contributed by atoms with van der Waals surface area (Å²) < 4.78 is 13.0. The van der Waals surface area contributed by atoms with Gasteiger partial charge in [0.1, 0.15) is 23.7 Å². The number of carbonyl (C=O) groups excluding carboxylic acids is 3. The normalized spacial score (nSPS) is 16.1. The molecule has 4 rings (SSSR count). The molecule has 0 aliphatic carbocycles. The maximum atomic E-state index is 12.9. The van der Waals surface area contributed by atoms with Crippen LogP contribution in [-0.4, -0.2) is 33.9 Å². The predicted octanol–water partition coefficient (Wildman–Crippen LogP) is 4.34. The molecular weight excluding hydrogens is 434 g/mol. The number of imide groups is 2. The van der Waals surface area contributed by atoms with E-state index in [1.807, 2.05) is 29.0 Å². The van der Waals surface area contributed by atoms with Crippen molar-refractivity contribution in [1.29, 1.82) is 0 Å². The molecule has 3 aromatic rings. The van der Waals surface area contributed by atoms with Crippen LogP contribution in [0.25, 0.3) is 6.08 Å². The molecule has 176 valence electrons. The Bertz CT molecular complexity index is 1190. The molecule has 8 heteroatoms. The van der Waals surface area contributed by atoms with Crippen molar-refractivity contribution in [3.05, 3.63) is 83.6 Å². The number of aromatic nitrogens is 1. The summed E-state index contributed by atoms with van der Waals surface area (Å²) in [6.07, 6.45) is 5.87. The van der Waals surface area contributed by atoms with Gasteiger partial charge in [0.05, 0.1) is 19.4 Å². The lowest BCUT2D eigenvalue weighted by Crippen LogP contribution is -2.53. The first-order valence-corrected chi connectivity index (χ1v) is 11.3. The fourth-order valence-electron chi connectivity index (χ4n) is 3.70. The first-order valence-electron chi connectivity index (χ1n) is 11.3. The predicted molar refractivity (Wildman–Crippen MR) is 126 cm³/mol. The summed E-state index contributed by atoms with van der Waals surface area (Å²) in [4.78, 5) is 38.4. The van der Waals surface area contributed by atoms with Gasteiger partial charge in [-0.3, -0.25) is 19.8 Å². The Morgan fingerprint density at radius 3 is 2.59 bits per heavy atom. The van der Waals surface area contributed by atoms with Crippen LogP contribution in [0.5, 0.6) is 5.75 Å². The maximum absolute atomic E-state index is 12.9. The summed E-state index contributed by atoms with van der Waals surface area (Å²) in [7, 11) is 0. The van der Waals surface area contributed by atoms with E-state index in [-0.39, 0.29) is 12.1 Å². The molecule has 1 aliphatic heterocycles. The van der Waals surface area contributed by atoms with Crippen molar-refractivity contribution in [1.82, 2.24) is 14.8 Å². The van der Waals surface area contributed by atoms with E-state index in [9.17, 15) is 14.4 Å². The highest BCUT2D eigenvalue weighted by atomic mass is 16.5. The van der Waals surface area contributed by atoms with Gasteiger partial charge in [-0.2, -0.15) is 0 Å². The van der Waals surface area contributed by atoms with Gasteiger partial charge in [-0.05, 0) is 60.4 Å². The van der Waals surface area contributed by atoms with Crippen molar-refractivity contribution in [3.63, 3.8) is 0 Å². The van der Waals surface area contributed by atoms with Gasteiger partial charge in [0.15, 0.2) is 0 Å². The Hall–Kier alpha value is -4.07. The SMILES string of the molecule is CC[C@H](C)c1ccc(OCCn2cccc2/C=C2\C(=O)NC(=O)N(Cc3ccco3)C2=O)cc1. The number of carbonyl (C=O) groups is 3. The van der Waals surface area contributed by atoms with Crippen molar-refractivity contribution in [3.8, 4) is 5.75 Å². The average molecular weight is 462 g/mol. The number of hydrogen-bond donors (Lipinski definition) is 1. The lowest BCUT2D eigenvalue weighted by molar-refractivity contribution is -0.130. The Morgan fingerprint density at radius 2 is 1.88 bits per heavy atom. The number of benzene rings is 1. The van der Waals surface area contributed by atoms with Crippen molar-refractivity contribution in [2.75, 3.05) is 6.61 Å². The number of barbiturate groups is 1. The van der Waals surface area contributed by atoms with E-state index in [1.165, 1.54) is 17.9 Å². The molecule has 0 unspecified atom stereocenters. The number of nitrogens with zero attached hydrogens (tertiary/aromatic N) is 2. The molecule has 1 N–H and O–H groups in total. The van der Waals surface area contributed by atoms with Crippen molar-refractivity contribution >= 4 is 23.9 Å². The third-order valence-corrected chi connectivity index (χ3v) is 5.90. The molecule has 0 saturated carbocycles. The number of nitrogens with one attached hydrogen (secondary N) is 1. The van der Waals surface area contributed by atoms with Gasteiger partial charge < -0.3 is 13.7 Å². The van der Waals surface area contributed by atoms with E-state index >= 15 is 0 Å². The second-order valence-electron chi connectivity index (χ2n) is 8.14. The Morgan fingerprint density at radius 1 is 1.09 bits per heavy atom. The molecule has 3 heterocycles. The van der Waals surface area contributed by atoms with Crippen LogP contribution in [0.15, 0.2) is 71.0 Å². The molecule has 1 fully saturated rings. The van der Waals surface area contributed by atoms with Crippen LogP contribution in [0.2, 0.25) is 0 Å². The van der Waals surface area contributed by atoms with Crippen LogP contribution in [0.4, 0.5) is 4.79 Å². The second kappa shape index (κ2) is 10.2. The number of ether oxygens (including phenoxy) is 1. The summed E-state index contributed by atoms with van der Waals surface area (Å²) in [6, 6.07) is 14.3. The fraction of sp³-hybridized carbons (Fsp3) is 0.269. The minimum Gasteiger partial charge on any atom is -0.492 e. The Balaban J connectivity index is 1.42. The quantitative estimate of drug-likeness (QED) is 0.378. The van der Waals surface area contributed by atoms with Gasteiger partial charge in [0.25, 0.3) is 11.8 Å². The Kier molecular flexibility index (Phi) is 6.96. The number of furan rings is 1. The molecule has 1 aliphatic rings. The highest BCUT2D eigenvalue weighted by Crippen LogP contribution is 2.22. The molecular formula is C26H27N3O5. The van der Waals surface area contributed by atoms with Crippen LogP contribution in [0, 0.1) is 0 Å². The summed E-state index contributed by atoms with van der Waals surface area (Å²) in [5.74, 6) is 0.337. The Labute approximate surface area is 197 Å². The zero-order chi connectivity index (χ0) is 24.1. The molecule has 1 atom stereocenters. The average Bonchev–Trinajstić information content (AvgIpc) is 3.51. The smallest absolute Gasteiger partial charge is 0.331 e. The highest BCUT2D eigenvalue weighted by Gasteiger charge is 2.36. The first-order chi connectivity index (χ1) is 16.5. The highest BCUT2D eigenvalue weighted by molar-refractivity contribution is 6.30. The summed E-state index contributed by atoms with van der Waals surface area (Å²) in [6.45, 7) is 5.23. The van der Waals surface area contributed by atoms with Gasteiger partial charge in [-0.1, -0.05) is 26.0 Å². The molecule has 1 aromatic carbocycles. The van der Waals surface area contributed by atoms with E-state index < -0.39 is 17.8 Å². The van der Waals surface area contributed by atoms with Gasteiger partial charge in [-0.25, -0.2) is 4.79 Å². The first kappa shape index (κ1) is 23.1. The molecule has 0 bridgehead atoms. The standard InChI is InChI=1S/C26H27N3O5/c1-3-18(2)19-8-10-21(11-9-19)34-15-13-28-12-4-6-20(28)16-23-24(30)27-26(32)29(25(23)31)17-22-7-5-14-33-22/h4-12,14,16,18H,3,13,15,17H2,1-2H3,(H,27,30,32)/b23-16+/t18-/m0/s1. The lowest BCUT2D eigenvalue weighted by Gasteiger charge is -2.25. The summed E-state index contributed by atoms with van der Waals surface area (Å²) in [5.41, 5.74) is 1.82. The lowest BCUT2D eigenvalue weighted by atomic mass is 9.99. The van der Waals surface area contributed by atoms with Crippen LogP contribution in [0.1, 0.15) is 43.2 Å². The van der Waals surface area contributed by atoms with Crippen molar-refractivity contribution < 1.29 is 23.5 Å². The van der Waals surface area contributed by atoms with Crippen molar-refractivity contribution in [2.24, 2.45) is 0 Å². The maximum Gasteiger partial charge on any atom is 0.331 e.